The third-order valence-corrected chi connectivity index (χ3v) is 8.05. The minimum absolute atomic E-state index is 0.0725. The number of fused-ring (bicyclic) bond motifs is 1. The molecule has 1 aliphatic heterocycles. The average Bonchev–Trinajstić information content (AvgIpc) is 3.61. The van der Waals surface area contributed by atoms with Crippen LogP contribution in [0.3, 0.4) is 0 Å². The number of aliphatic hydroxyl groups excluding tert-OH is 1. The Bertz CT molecular complexity index is 1610. The highest BCUT2D eigenvalue weighted by molar-refractivity contribution is 7.22. The molecule has 12 heteroatoms. The molecule has 1 amide bonds. The number of amides is 1. The molecule has 0 spiro atoms. The second-order valence-corrected chi connectivity index (χ2v) is 10.3. The molecular formula is C25H17ClN2O7S2. The quantitative estimate of drug-likeness (QED) is 0.185. The van der Waals surface area contributed by atoms with Crippen molar-refractivity contribution in [1.82, 2.24) is 4.98 Å². The van der Waals surface area contributed by atoms with E-state index in [1.165, 1.54) is 54.7 Å². The standard InChI is InChI=1S/C25H17ClN2O7S2/c1-34-15-10-13(26)16(35-2)9-12(15)21(29)19-20(17-4-3-7-36-17)28(23(31)22(19)30)25-27-14-6-5-11(24(32)33)8-18(14)37-25/h3-10,20,29H,1-2H3,(H,32,33)/b21-19+. The lowest BCUT2D eigenvalue weighted by atomic mass is 9.99. The van der Waals surface area contributed by atoms with Gasteiger partial charge < -0.3 is 19.7 Å². The normalized spacial score (nSPS) is 16.9. The second-order valence-electron chi connectivity index (χ2n) is 7.86. The maximum absolute atomic E-state index is 13.4. The van der Waals surface area contributed by atoms with E-state index in [-0.39, 0.29) is 38.4 Å². The van der Waals surface area contributed by atoms with Gasteiger partial charge in [-0.25, -0.2) is 9.78 Å². The Kier molecular flexibility index (Phi) is 6.36. The van der Waals surface area contributed by atoms with E-state index in [1.54, 1.807) is 23.6 Å². The zero-order chi connectivity index (χ0) is 26.4. The van der Waals surface area contributed by atoms with Crippen molar-refractivity contribution in [2.45, 2.75) is 6.04 Å². The lowest BCUT2D eigenvalue weighted by Crippen LogP contribution is -2.28. The highest BCUT2D eigenvalue weighted by Gasteiger charge is 2.49. The first-order valence-electron chi connectivity index (χ1n) is 10.6. The van der Waals surface area contributed by atoms with Crippen molar-refractivity contribution in [3.05, 3.63) is 74.4 Å². The molecule has 2 aromatic carbocycles. The monoisotopic (exact) mass is 556 g/mol. The smallest absolute Gasteiger partial charge is 0.335 e. The number of benzene rings is 2. The van der Waals surface area contributed by atoms with E-state index >= 15 is 0 Å². The van der Waals surface area contributed by atoms with E-state index in [0.29, 0.717) is 15.1 Å². The van der Waals surface area contributed by atoms with Crippen molar-refractivity contribution in [1.29, 1.82) is 0 Å². The summed E-state index contributed by atoms with van der Waals surface area (Å²) in [5.41, 5.74) is 0.517. The number of Topliss-reactive ketones (excluding diaryl/α,β-unsaturated/α-hetero) is 1. The molecule has 0 radical (unpaired) electrons. The van der Waals surface area contributed by atoms with Gasteiger partial charge in [-0.15, -0.1) is 11.3 Å². The van der Waals surface area contributed by atoms with Crippen LogP contribution in [0, 0.1) is 0 Å². The summed E-state index contributed by atoms with van der Waals surface area (Å²) in [6, 6.07) is 9.83. The predicted molar refractivity (Wildman–Crippen MR) is 140 cm³/mol. The predicted octanol–water partition coefficient (Wildman–Crippen LogP) is 5.35. The molecule has 0 saturated carbocycles. The SMILES string of the molecule is COc1cc(/C(O)=C2\C(=O)C(=O)N(c3nc4ccc(C(=O)O)cc4s3)C2c2cccs2)c(OC)cc1Cl. The van der Waals surface area contributed by atoms with E-state index < -0.39 is 29.5 Å². The van der Waals surface area contributed by atoms with E-state index in [0.717, 1.165) is 11.3 Å². The number of carbonyl (C=O) groups excluding carboxylic acids is 2. The van der Waals surface area contributed by atoms with Gasteiger partial charge in [0, 0.05) is 10.9 Å². The molecule has 1 aliphatic rings. The summed E-state index contributed by atoms with van der Waals surface area (Å²) < 4.78 is 11.2. The number of thiazole rings is 1. The van der Waals surface area contributed by atoms with Gasteiger partial charge in [-0.1, -0.05) is 29.0 Å². The lowest BCUT2D eigenvalue weighted by molar-refractivity contribution is -0.132. The maximum Gasteiger partial charge on any atom is 0.335 e. The van der Waals surface area contributed by atoms with Crippen LogP contribution < -0.4 is 14.4 Å². The number of thiophene rings is 1. The number of carboxylic acids is 1. The van der Waals surface area contributed by atoms with Crippen molar-refractivity contribution < 1.29 is 34.1 Å². The average molecular weight is 557 g/mol. The molecule has 3 heterocycles. The molecule has 0 bridgehead atoms. The van der Waals surface area contributed by atoms with Gasteiger partial charge in [-0.05, 0) is 35.7 Å². The first-order valence-corrected chi connectivity index (χ1v) is 12.7. The van der Waals surface area contributed by atoms with Gasteiger partial charge in [0.15, 0.2) is 5.13 Å². The van der Waals surface area contributed by atoms with Gasteiger partial charge in [0.1, 0.15) is 23.3 Å². The van der Waals surface area contributed by atoms with Gasteiger partial charge in [-0.2, -0.15) is 0 Å². The molecule has 2 aromatic heterocycles. The Morgan fingerprint density at radius 2 is 1.84 bits per heavy atom. The minimum Gasteiger partial charge on any atom is -0.507 e. The Balaban J connectivity index is 1.72. The molecule has 2 N–H and O–H groups in total. The first-order chi connectivity index (χ1) is 17.7. The summed E-state index contributed by atoms with van der Waals surface area (Å²) in [6.07, 6.45) is 0. The number of carboxylic acid groups (broad SMARTS) is 1. The number of methoxy groups -OCH3 is 2. The van der Waals surface area contributed by atoms with Crippen molar-refractivity contribution in [2.24, 2.45) is 0 Å². The van der Waals surface area contributed by atoms with Crippen molar-refractivity contribution >= 4 is 73.0 Å². The van der Waals surface area contributed by atoms with Gasteiger partial charge in [0.25, 0.3) is 5.78 Å². The van der Waals surface area contributed by atoms with Crippen LogP contribution in [0.25, 0.3) is 16.0 Å². The van der Waals surface area contributed by atoms with E-state index in [9.17, 15) is 24.6 Å². The summed E-state index contributed by atoms with van der Waals surface area (Å²) in [5.74, 6) is -2.91. The number of aliphatic hydroxyl groups is 1. The van der Waals surface area contributed by atoms with E-state index in [4.69, 9.17) is 21.1 Å². The van der Waals surface area contributed by atoms with Crippen molar-refractivity contribution in [3.8, 4) is 11.5 Å². The Hall–Kier alpha value is -3.93. The number of aromatic nitrogens is 1. The molecule has 1 saturated heterocycles. The largest absolute Gasteiger partial charge is 0.507 e. The topological polar surface area (TPSA) is 126 Å². The number of ketones is 1. The third-order valence-electron chi connectivity index (χ3n) is 5.82. The molecule has 5 rings (SSSR count). The Morgan fingerprint density at radius 1 is 1.08 bits per heavy atom. The number of ether oxygens (including phenoxy) is 2. The van der Waals surface area contributed by atoms with Crippen LogP contribution in [0.1, 0.15) is 26.8 Å². The number of carbonyl (C=O) groups is 3. The summed E-state index contributed by atoms with van der Waals surface area (Å²) in [5, 5.41) is 23.0. The number of hydrogen-bond donors (Lipinski definition) is 2. The summed E-state index contributed by atoms with van der Waals surface area (Å²) in [6.45, 7) is 0. The van der Waals surface area contributed by atoms with Crippen molar-refractivity contribution in [2.75, 3.05) is 19.1 Å². The molecule has 1 unspecified atom stereocenters. The number of anilines is 1. The van der Waals surface area contributed by atoms with Gasteiger partial charge in [0.2, 0.25) is 0 Å². The highest BCUT2D eigenvalue weighted by atomic mass is 35.5. The third kappa shape index (κ3) is 4.10. The zero-order valence-electron chi connectivity index (χ0n) is 19.2. The van der Waals surface area contributed by atoms with Gasteiger partial charge >= 0.3 is 11.9 Å². The number of rotatable bonds is 6. The molecule has 4 aromatic rings. The lowest BCUT2D eigenvalue weighted by Gasteiger charge is -2.21. The van der Waals surface area contributed by atoms with Crippen LogP contribution in [0.15, 0.2) is 53.4 Å². The molecular weight excluding hydrogens is 540 g/mol. The van der Waals surface area contributed by atoms with Crippen LogP contribution in [0.2, 0.25) is 5.02 Å². The second kappa shape index (κ2) is 9.51. The molecule has 9 nitrogen and oxygen atoms in total. The zero-order valence-corrected chi connectivity index (χ0v) is 21.6. The fourth-order valence-corrected chi connectivity index (χ4v) is 6.17. The van der Waals surface area contributed by atoms with E-state index in [2.05, 4.69) is 4.98 Å². The number of nitrogens with zero attached hydrogens (tertiary/aromatic N) is 2. The maximum atomic E-state index is 13.4. The van der Waals surface area contributed by atoms with Crippen LogP contribution >= 0.6 is 34.3 Å². The molecule has 37 heavy (non-hydrogen) atoms. The molecule has 1 fully saturated rings. The number of aromatic carboxylic acids is 1. The highest BCUT2D eigenvalue weighted by Crippen LogP contribution is 2.47. The summed E-state index contributed by atoms with van der Waals surface area (Å²) >= 11 is 8.58. The molecule has 1 atom stereocenters. The molecule has 188 valence electrons. The summed E-state index contributed by atoms with van der Waals surface area (Å²) in [4.78, 5) is 44.5. The van der Waals surface area contributed by atoms with Crippen LogP contribution in [-0.4, -0.2) is 47.1 Å². The van der Waals surface area contributed by atoms with Crippen LogP contribution in [0.4, 0.5) is 5.13 Å². The Labute approximate surface area is 222 Å². The van der Waals surface area contributed by atoms with Gasteiger partial charge in [0.05, 0.1) is 46.2 Å². The first kappa shape index (κ1) is 24.8. The summed E-state index contributed by atoms with van der Waals surface area (Å²) in [7, 11) is 2.79. The van der Waals surface area contributed by atoms with Crippen LogP contribution in [-0.2, 0) is 9.59 Å². The minimum atomic E-state index is -1.09. The van der Waals surface area contributed by atoms with E-state index in [1.807, 2.05) is 0 Å². The van der Waals surface area contributed by atoms with Crippen molar-refractivity contribution in [3.63, 3.8) is 0 Å². The fraction of sp³-hybridized carbons (Fsp3) is 0.120. The number of halogens is 1. The molecule has 0 aliphatic carbocycles. The van der Waals surface area contributed by atoms with Gasteiger partial charge in [-0.3, -0.25) is 14.5 Å². The number of hydrogen-bond acceptors (Lipinski definition) is 9. The Morgan fingerprint density at radius 3 is 2.49 bits per heavy atom. The fourth-order valence-electron chi connectivity index (χ4n) is 4.08. The van der Waals surface area contributed by atoms with Crippen LogP contribution in [0.5, 0.6) is 11.5 Å².